The maximum atomic E-state index is 13.3. The highest BCUT2D eigenvalue weighted by Gasteiger charge is 2.34. The summed E-state index contributed by atoms with van der Waals surface area (Å²) >= 11 is 0. The molecule has 6 N–H and O–H groups in total. The van der Waals surface area contributed by atoms with E-state index in [0.29, 0.717) is 50.1 Å². The molecule has 0 fully saturated rings. The van der Waals surface area contributed by atoms with E-state index in [1.807, 2.05) is 62.2 Å². The van der Waals surface area contributed by atoms with Gasteiger partial charge in [0, 0.05) is 25.9 Å². The number of carbonyl (C=O) groups is 6. The second kappa shape index (κ2) is 46.3. The van der Waals surface area contributed by atoms with Crippen molar-refractivity contribution in [3.05, 3.63) is 0 Å². The number of unbranched alkanes of at least 4 members (excludes halogenated alkanes) is 15. The quantitative estimate of drug-likeness (QED) is 0.0219. The molecule has 0 rings (SSSR count). The zero-order valence-electron chi connectivity index (χ0n) is 45.9. The van der Waals surface area contributed by atoms with E-state index in [-0.39, 0.29) is 63.5 Å². The molecule has 0 aromatic carbocycles. The average molecular weight is 1010 g/mol. The Morgan fingerprint density at radius 1 is 0.609 bits per heavy atom. The predicted octanol–water partition coefficient (Wildman–Crippen LogP) is 10.6. The van der Waals surface area contributed by atoms with Gasteiger partial charge in [0.25, 0.3) is 0 Å². The minimum absolute atomic E-state index is 0.100. The van der Waals surface area contributed by atoms with Crippen LogP contribution in [0.15, 0.2) is 0 Å². The summed E-state index contributed by atoms with van der Waals surface area (Å²) in [6.07, 6.45) is 21.7. The molecule has 2 unspecified atom stereocenters. The molecule has 2 atom stereocenters. The number of ether oxygens (including phenoxy) is 2. The van der Waals surface area contributed by atoms with Crippen molar-refractivity contribution in [1.29, 1.82) is 0 Å². The Labute approximate surface area is 420 Å². The fourth-order valence-electron chi connectivity index (χ4n) is 6.20. The van der Waals surface area contributed by atoms with Gasteiger partial charge in [-0.05, 0) is 85.5 Å². The zero-order chi connectivity index (χ0) is 53.6. The van der Waals surface area contributed by atoms with Crippen LogP contribution >= 0.6 is 7.60 Å². The Balaban J connectivity index is -0.00000192. The maximum absolute atomic E-state index is 13.3. The van der Waals surface area contributed by atoms with E-state index in [1.165, 1.54) is 57.8 Å². The Bertz CT molecular complexity index is 1300. The van der Waals surface area contributed by atoms with Gasteiger partial charge in [0.05, 0.1) is 43.2 Å². The average Bonchev–Trinajstić information content (AvgIpc) is 3.26. The minimum Gasteiger partial charge on any atom is -0.480 e. The summed E-state index contributed by atoms with van der Waals surface area (Å²) in [5, 5.41) is 16.9. The van der Waals surface area contributed by atoms with Crippen LogP contribution in [-0.2, 0) is 51.9 Å². The minimum atomic E-state index is -3.13. The van der Waals surface area contributed by atoms with Crippen molar-refractivity contribution in [2.75, 3.05) is 45.7 Å². The highest BCUT2D eigenvalue weighted by Crippen LogP contribution is 2.55. The lowest BCUT2D eigenvalue weighted by Gasteiger charge is -2.32. The maximum Gasteiger partial charge on any atom is 0.331 e. The van der Waals surface area contributed by atoms with Crippen LogP contribution in [-0.4, -0.2) is 111 Å². The van der Waals surface area contributed by atoms with Crippen molar-refractivity contribution in [2.45, 2.75) is 248 Å². The van der Waals surface area contributed by atoms with E-state index in [1.54, 1.807) is 0 Å². The molecule has 0 heterocycles. The van der Waals surface area contributed by atoms with Crippen LogP contribution in [0.25, 0.3) is 0 Å². The molecule has 0 aliphatic heterocycles. The third-order valence-corrected chi connectivity index (χ3v) is 12.7. The van der Waals surface area contributed by atoms with Crippen LogP contribution in [0, 0.1) is 5.41 Å². The van der Waals surface area contributed by atoms with Gasteiger partial charge in [-0.1, -0.05) is 131 Å². The molecule has 0 spiro atoms. The molecule has 0 saturated carbocycles. The van der Waals surface area contributed by atoms with Crippen molar-refractivity contribution in [1.82, 2.24) is 16.0 Å². The standard InChI is InChI=1S/C43H83N4O11P.C6H14.C2H6.CH2O/c1-42(2,3)57-59(54,58-43(4,5)6)33-23-19-17-15-13-11-9-7-8-10-12-14-16-18-20-25-39(50)47-36(34-48)26-27-38(49)46-29-30-55-31-32-56-35-40(51)45-28-22-21-24-37(44)41(52)53;1-5-6(2,3)4;2*1-2/h34,36-37H,7-33,35,44H2,1-6H3,(H,45,51)(H,46,49)(H,47,50)(H,52,53);5H2,1-4H3;1-2H3;1H2. The molecule has 16 nitrogen and oxygen atoms in total. The van der Waals surface area contributed by atoms with Crippen LogP contribution in [0.2, 0.25) is 0 Å². The zero-order valence-corrected chi connectivity index (χ0v) is 46.8. The van der Waals surface area contributed by atoms with Crippen molar-refractivity contribution < 1.29 is 57.0 Å². The smallest absolute Gasteiger partial charge is 0.331 e. The summed E-state index contributed by atoms with van der Waals surface area (Å²) in [6.45, 7) is 27.7. The van der Waals surface area contributed by atoms with Gasteiger partial charge in [0.15, 0.2) is 0 Å². The molecule has 0 saturated heterocycles. The lowest BCUT2D eigenvalue weighted by molar-refractivity contribution is -0.138. The van der Waals surface area contributed by atoms with E-state index < -0.39 is 36.9 Å². The number of aldehydes is 1. The molecule has 0 aromatic heterocycles. The van der Waals surface area contributed by atoms with Crippen LogP contribution < -0.4 is 21.7 Å². The van der Waals surface area contributed by atoms with Gasteiger partial charge in [-0.15, -0.1) is 0 Å². The van der Waals surface area contributed by atoms with Gasteiger partial charge in [-0.2, -0.15) is 0 Å². The van der Waals surface area contributed by atoms with Crippen LogP contribution in [0.5, 0.6) is 0 Å². The summed E-state index contributed by atoms with van der Waals surface area (Å²) < 4.78 is 35.7. The predicted molar refractivity (Wildman–Crippen MR) is 281 cm³/mol. The molecular weight excluding hydrogens is 904 g/mol. The summed E-state index contributed by atoms with van der Waals surface area (Å²) in [5.41, 5.74) is 4.97. The monoisotopic (exact) mass is 1010 g/mol. The second-order valence-electron chi connectivity index (χ2n) is 20.4. The number of carboxylic acid groups (broad SMARTS) is 1. The van der Waals surface area contributed by atoms with Crippen molar-refractivity contribution in [3.63, 3.8) is 0 Å². The molecule has 0 radical (unpaired) electrons. The van der Waals surface area contributed by atoms with Gasteiger partial charge in [-0.25, -0.2) is 0 Å². The largest absolute Gasteiger partial charge is 0.480 e. The highest BCUT2D eigenvalue weighted by molar-refractivity contribution is 7.53. The highest BCUT2D eigenvalue weighted by atomic mass is 31.2. The number of hydrogen-bond donors (Lipinski definition) is 5. The van der Waals surface area contributed by atoms with E-state index >= 15 is 0 Å². The second-order valence-corrected chi connectivity index (χ2v) is 22.4. The topological polar surface area (TPSA) is 239 Å². The molecule has 69 heavy (non-hydrogen) atoms. The number of carbonyl (C=O) groups excluding carboxylic acids is 5. The molecule has 0 bridgehead atoms. The molecular formula is C52H105N4O12P. The van der Waals surface area contributed by atoms with Crippen molar-refractivity contribution in [3.8, 4) is 0 Å². The van der Waals surface area contributed by atoms with E-state index in [4.69, 9.17) is 34.2 Å². The Morgan fingerprint density at radius 2 is 1.04 bits per heavy atom. The molecule has 0 aromatic rings. The molecule has 3 amide bonds. The molecule has 17 heteroatoms. The summed E-state index contributed by atoms with van der Waals surface area (Å²) in [6, 6.07) is -1.59. The number of nitrogens with one attached hydrogen (secondary N) is 3. The van der Waals surface area contributed by atoms with E-state index in [0.717, 1.165) is 44.9 Å². The number of rotatable bonds is 39. The first kappa shape index (κ1) is 72.8. The summed E-state index contributed by atoms with van der Waals surface area (Å²) in [5.74, 6) is -1.72. The van der Waals surface area contributed by atoms with Crippen LogP contribution in [0.3, 0.4) is 0 Å². The van der Waals surface area contributed by atoms with Gasteiger partial charge in [0.2, 0.25) is 17.7 Å². The third kappa shape index (κ3) is 57.7. The number of hydrogen-bond acceptors (Lipinski definition) is 12. The van der Waals surface area contributed by atoms with Crippen molar-refractivity contribution in [2.24, 2.45) is 11.1 Å². The molecule has 410 valence electrons. The fourth-order valence-corrected chi connectivity index (χ4v) is 8.70. The first-order valence-electron chi connectivity index (χ1n) is 26.1. The number of carboxylic acids is 1. The Hall–Kier alpha value is -2.75. The van der Waals surface area contributed by atoms with Gasteiger partial charge < -0.3 is 54.9 Å². The fraction of sp³-hybridized carbons (Fsp3) is 0.885. The van der Waals surface area contributed by atoms with Gasteiger partial charge in [0.1, 0.15) is 25.7 Å². The van der Waals surface area contributed by atoms with Gasteiger partial charge >= 0.3 is 13.6 Å². The van der Waals surface area contributed by atoms with Crippen molar-refractivity contribution >= 4 is 44.4 Å². The lowest BCUT2D eigenvalue weighted by atomic mass is 9.94. The Kier molecular flexibility index (Phi) is 48.9. The normalized spacial score (nSPS) is 12.4. The summed E-state index contributed by atoms with van der Waals surface area (Å²) in [4.78, 5) is 66.4. The molecule has 0 aliphatic rings. The first-order valence-corrected chi connectivity index (χ1v) is 27.9. The van der Waals surface area contributed by atoms with Gasteiger partial charge in [-0.3, -0.25) is 23.7 Å². The first-order chi connectivity index (χ1) is 32.4. The van der Waals surface area contributed by atoms with E-state index in [9.17, 15) is 28.5 Å². The number of aliphatic carboxylic acids is 1. The summed E-state index contributed by atoms with van der Waals surface area (Å²) in [7, 11) is -3.13. The molecule has 0 aliphatic carbocycles. The lowest BCUT2D eigenvalue weighted by Crippen LogP contribution is -2.37. The van der Waals surface area contributed by atoms with Crippen LogP contribution in [0.1, 0.15) is 224 Å². The number of amides is 3. The van der Waals surface area contributed by atoms with Crippen LogP contribution in [0.4, 0.5) is 0 Å². The SMILES string of the molecule is C=O.CC.CC(C)(C)OP(=O)(CCCCCCCCCCCCCCCCCC(=O)NC(C=O)CCC(=O)NCCOCCOCC(=O)NCCCCC(N)C(=O)O)OC(C)(C)C.CCC(C)(C)C. The van der Waals surface area contributed by atoms with E-state index in [2.05, 4.69) is 43.6 Å². The Morgan fingerprint density at radius 3 is 1.48 bits per heavy atom. The number of nitrogens with two attached hydrogens (primary N) is 1. The third-order valence-electron chi connectivity index (χ3n) is 10.2.